The number of nitrogens with zero attached hydrogens (tertiary/aromatic N) is 3. The Bertz CT molecular complexity index is 985. The van der Waals surface area contributed by atoms with E-state index in [1.807, 2.05) is 48.0 Å². The number of benzene rings is 2. The van der Waals surface area contributed by atoms with Crippen molar-refractivity contribution in [1.29, 1.82) is 0 Å². The van der Waals surface area contributed by atoms with Gasteiger partial charge in [0, 0.05) is 17.8 Å². The molecular formula is C19H17BrClN3O3S. The lowest BCUT2D eigenvalue weighted by atomic mass is 10.2. The predicted octanol–water partition coefficient (Wildman–Crippen LogP) is 4.91. The molecule has 0 spiro atoms. The number of fused-ring (bicyclic) bond motifs is 1. The second-order valence-corrected chi connectivity index (χ2v) is 8.39. The lowest BCUT2D eigenvalue weighted by molar-refractivity contribution is 0.0825. The van der Waals surface area contributed by atoms with Crippen LogP contribution in [0.25, 0.3) is 0 Å². The minimum absolute atomic E-state index is 0.289. The molecule has 9 heteroatoms. The third-order valence-corrected chi connectivity index (χ3v) is 5.97. The van der Waals surface area contributed by atoms with Crippen molar-refractivity contribution in [3.8, 4) is 17.2 Å². The minimum atomic E-state index is -0.289. The average molecular weight is 483 g/mol. The summed E-state index contributed by atoms with van der Waals surface area (Å²) in [4.78, 5) is 0. The van der Waals surface area contributed by atoms with Gasteiger partial charge in [0.1, 0.15) is 12.4 Å². The van der Waals surface area contributed by atoms with Crippen LogP contribution in [0.2, 0.25) is 5.02 Å². The van der Waals surface area contributed by atoms with E-state index < -0.39 is 0 Å². The number of hydrogen-bond donors (Lipinski definition) is 0. The van der Waals surface area contributed by atoms with E-state index in [2.05, 4.69) is 26.1 Å². The summed E-state index contributed by atoms with van der Waals surface area (Å²) in [5.74, 6) is 3.69. The second kappa shape index (κ2) is 8.63. The van der Waals surface area contributed by atoms with Crippen molar-refractivity contribution in [3.63, 3.8) is 0 Å². The molecule has 2 heterocycles. The Hall–Kier alpha value is -1.90. The molecule has 0 amide bonds. The van der Waals surface area contributed by atoms with E-state index in [-0.39, 0.29) is 6.10 Å². The van der Waals surface area contributed by atoms with Crippen LogP contribution in [0, 0.1) is 0 Å². The summed E-state index contributed by atoms with van der Waals surface area (Å²) in [5.41, 5.74) is 0. The predicted molar refractivity (Wildman–Crippen MR) is 112 cm³/mol. The van der Waals surface area contributed by atoms with Crippen LogP contribution in [-0.2, 0) is 7.05 Å². The lowest BCUT2D eigenvalue weighted by Crippen LogP contribution is -2.24. The van der Waals surface area contributed by atoms with E-state index in [9.17, 15) is 0 Å². The standard InChI is InChI=1S/C19H17BrClN3O3S/c1-24-18(17-11-26-15-4-2-3-5-16(15)27-17)22-23-19(24)28-9-8-25-14-7-6-12(21)10-13(14)20/h2-7,10,17H,8-9,11H2,1H3. The molecule has 0 radical (unpaired) electrons. The molecule has 3 aromatic rings. The molecule has 2 aromatic carbocycles. The Morgan fingerprint density at radius 3 is 2.89 bits per heavy atom. The van der Waals surface area contributed by atoms with Crippen LogP contribution < -0.4 is 14.2 Å². The van der Waals surface area contributed by atoms with Crippen molar-refractivity contribution >= 4 is 39.3 Å². The monoisotopic (exact) mass is 481 g/mol. The third kappa shape index (κ3) is 4.24. The molecule has 28 heavy (non-hydrogen) atoms. The second-order valence-electron chi connectivity index (χ2n) is 6.04. The fourth-order valence-electron chi connectivity index (χ4n) is 2.76. The Balaban J connectivity index is 1.34. The number of para-hydroxylation sites is 2. The summed E-state index contributed by atoms with van der Waals surface area (Å²) in [6, 6.07) is 13.1. The van der Waals surface area contributed by atoms with Gasteiger partial charge in [-0.25, -0.2) is 0 Å². The lowest BCUT2D eigenvalue weighted by Gasteiger charge is -2.25. The molecule has 1 unspecified atom stereocenters. The zero-order valence-corrected chi connectivity index (χ0v) is 18.1. The molecule has 0 fully saturated rings. The van der Waals surface area contributed by atoms with Crippen LogP contribution in [0.4, 0.5) is 0 Å². The van der Waals surface area contributed by atoms with E-state index in [1.54, 1.807) is 17.8 Å². The molecule has 0 bridgehead atoms. The largest absolute Gasteiger partial charge is 0.492 e. The maximum Gasteiger partial charge on any atom is 0.192 e. The highest BCUT2D eigenvalue weighted by molar-refractivity contribution is 9.10. The Morgan fingerprint density at radius 2 is 2.07 bits per heavy atom. The highest BCUT2D eigenvalue weighted by Crippen LogP contribution is 2.36. The summed E-state index contributed by atoms with van der Waals surface area (Å²) in [7, 11) is 1.93. The van der Waals surface area contributed by atoms with Crippen LogP contribution in [0.3, 0.4) is 0 Å². The smallest absolute Gasteiger partial charge is 0.192 e. The molecule has 1 aromatic heterocycles. The molecule has 4 rings (SSSR count). The molecule has 0 saturated carbocycles. The zero-order valence-electron chi connectivity index (χ0n) is 15.0. The van der Waals surface area contributed by atoms with E-state index >= 15 is 0 Å². The van der Waals surface area contributed by atoms with Gasteiger partial charge in [-0.05, 0) is 46.3 Å². The van der Waals surface area contributed by atoms with Gasteiger partial charge >= 0.3 is 0 Å². The Kier molecular flexibility index (Phi) is 5.99. The Labute approximate surface area is 180 Å². The Morgan fingerprint density at radius 1 is 1.25 bits per heavy atom. The normalized spacial score (nSPS) is 15.5. The number of aromatic nitrogens is 3. The summed E-state index contributed by atoms with van der Waals surface area (Å²) in [6.45, 7) is 0.935. The van der Waals surface area contributed by atoms with Gasteiger partial charge in [0.05, 0.1) is 11.1 Å². The maximum atomic E-state index is 6.02. The number of rotatable bonds is 6. The average Bonchev–Trinajstić information content (AvgIpc) is 3.06. The first-order chi connectivity index (χ1) is 13.6. The van der Waals surface area contributed by atoms with E-state index in [4.69, 9.17) is 25.8 Å². The van der Waals surface area contributed by atoms with Crippen LogP contribution >= 0.6 is 39.3 Å². The molecule has 146 valence electrons. The highest BCUT2D eigenvalue weighted by atomic mass is 79.9. The molecule has 0 aliphatic carbocycles. The van der Waals surface area contributed by atoms with Gasteiger partial charge in [0.2, 0.25) is 0 Å². The summed E-state index contributed by atoms with van der Waals surface area (Å²) < 4.78 is 20.4. The van der Waals surface area contributed by atoms with Gasteiger partial charge in [-0.15, -0.1) is 10.2 Å². The molecule has 0 N–H and O–H groups in total. The van der Waals surface area contributed by atoms with Crippen molar-refractivity contribution in [1.82, 2.24) is 14.8 Å². The summed E-state index contributed by atoms with van der Waals surface area (Å²) in [5, 5.41) is 10.0. The van der Waals surface area contributed by atoms with Gasteiger partial charge in [-0.2, -0.15) is 0 Å². The molecular weight excluding hydrogens is 466 g/mol. The molecule has 1 aliphatic heterocycles. The van der Waals surface area contributed by atoms with Crippen LogP contribution in [-0.4, -0.2) is 33.7 Å². The maximum absolute atomic E-state index is 6.02. The number of thioether (sulfide) groups is 1. The summed E-state index contributed by atoms with van der Waals surface area (Å²) >= 11 is 11.0. The fourth-order valence-corrected chi connectivity index (χ4v) is 4.29. The third-order valence-electron chi connectivity index (χ3n) is 4.13. The summed E-state index contributed by atoms with van der Waals surface area (Å²) in [6.07, 6.45) is -0.289. The van der Waals surface area contributed by atoms with Crippen molar-refractivity contribution in [2.24, 2.45) is 7.05 Å². The number of hydrogen-bond acceptors (Lipinski definition) is 6. The molecule has 1 aliphatic rings. The van der Waals surface area contributed by atoms with Crippen molar-refractivity contribution in [3.05, 3.63) is 57.8 Å². The zero-order chi connectivity index (χ0) is 19.5. The van der Waals surface area contributed by atoms with Crippen LogP contribution in [0.5, 0.6) is 17.2 Å². The van der Waals surface area contributed by atoms with Gasteiger partial charge in [-0.3, -0.25) is 0 Å². The van der Waals surface area contributed by atoms with E-state index in [0.717, 1.165) is 38.5 Å². The van der Waals surface area contributed by atoms with Gasteiger partial charge in [-0.1, -0.05) is 35.5 Å². The quantitative estimate of drug-likeness (QED) is 0.367. The number of ether oxygens (including phenoxy) is 3. The van der Waals surface area contributed by atoms with Crippen LogP contribution in [0.15, 0.2) is 52.1 Å². The first-order valence-corrected chi connectivity index (χ1v) is 10.8. The first-order valence-electron chi connectivity index (χ1n) is 8.60. The van der Waals surface area contributed by atoms with Crippen molar-refractivity contribution < 1.29 is 14.2 Å². The molecule has 6 nitrogen and oxygen atoms in total. The van der Waals surface area contributed by atoms with E-state index in [0.29, 0.717) is 18.2 Å². The topological polar surface area (TPSA) is 58.4 Å². The molecule has 1 atom stereocenters. The van der Waals surface area contributed by atoms with Gasteiger partial charge in [0.15, 0.2) is 28.6 Å². The minimum Gasteiger partial charge on any atom is -0.492 e. The van der Waals surface area contributed by atoms with Crippen molar-refractivity contribution in [2.75, 3.05) is 19.0 Å². The highest BCUT2D eigenvalue weighted by Gasteiger charge is 2.27. The SMILES string of the molecule is Cn1c(SCCOc2ccc(Cl)cc2Br)nnc1C1COc2ccccc2O1. The first kappa shape index (κ1) is 19.4. The van der Waals surface area contributed by atoms with Crippen molar-refractivity contribution in [2.45, 2.75) is 11.3 Å². The molecule has 0 saturated heterocycles. The number of halogens is 2. The van der Waals surface area contributed by atoms with Gasteiger partial charge < -0.3 is 18.8 Å². The van der Waals surface area contributed by atoms with E-state index in [1.165, 1.54) is 0 Å². The van der Waals surface area contributed by atoms with Crippen LogP contribution in [0.1, 0.15) is 11.9 Å². The fraction of sp³-hybridized carbons (Fsp3) is 0.263. The van der Waals surface area contributed by atoms with Gasteiger partial charge in [0.25, 0.3) is 0 Å².